The quantitative estimate of drug-likeness (QED) is 0.639. The van der Waals surface area contributed by atoms with Gasteiger partial charge in [0, 0.05) is 25.0 Å². The van der Waals surface area contributed by atoms with Crippen molar-refractivity contribution in [2.75, 3.05) is 18.5 Å². The van der Waals surface area contributed by atoms with E-state index in [0.29, 0.717) is 26.1 Å². The molecular weight excluding hydrogens is 269 g/mol. The number of nitrogens with zero attached hydrogens (tertiary/aromatic N) is 1. The molecule has 1 aromatic rings. The van der Waals surface area contributed by atoms with E-state index in [0.717, 1.165) is 12.1 Å². The van der Waals surface area contributed by atoms with Crippen molar-refractivity contribution in [3.63, 3.8) is 0 Å². The molecule has 1 fully saturated rings. The molecule has 108 valence electrons. The highest BCUT2D eigenvalue weighted by molar-refractivity contribution is 5.98. The molecule has 7 nitrogen and oxygen atoms in total. The number of anilines is 1. The summed E-state index contributed by atoms with van der Waals surface area (Å²) in [7, 11) is 0. The molecular formula is C12H14FN3O4. The molecule has 0 aromatic heterocycles. The SMILES string of the molecule is NC1(C(=O)Nc2ccc(F)c([N+](=O)[O-])c2)CCOCC1. The van der Waals surface area contributed by atoms with E-state index in [9.17, 15) is 19.3 Å². The monoisotopic (exact) mass is 283 g/mol. The van der Waals surface area contributed by atoms with Gasteiger partial charge in [0.05, 0.1) is 4.92 Å². The van der Waals surface area contributed by atoms with Crippen molar-refractivity contribution in [3.05, 3.63) is 34.1 Å². The maximum Gasteiger partial charge on any atom is 0.306 e. The summed E-state index contributed by atoms with van der Waals surface area (Å²) in [4.78, 5) is 21.9. The normalized spacial score (nSPS) is 17.5. The molecule has 1 saturated heterocycles. The van der Waals surface area contributed by atoms with E-state index < -0.39 is 27.9 Å². The van der Waals surface area contributed by atoms with Crippen LogP contribution < -0.4 is 11.1 Å². The predicted octanol–water partition coefficient (Wildman–Crippen LogP) is 1.18. The van der Waals surface area contributed by atoms with Crippen molar-refractivity contribution in [1.82, 2.24) is 0 Å². The number of rotatable bonds is 3. The summed E-state index contributed by atoms with van der Waals surface area (Å²) < 4.78 is 18.3. The summed E-state index contributed by atoms with van der Waals surface area (Å²) in [5.41, 5.74) is 4.35. The number of benzene rings is 1. The Morgan fingerprint density at radius 1 is 1.45 bits per heavy atom. The number of nitro groups is 1. The van der Waals surface area contributed by atoms with E-state index in [1.165, 1.54) is 6.07 Å². The van der Waals surface area contributed by atoms with E-state index in [4.69, 9.17) is 10.5 Å². The largest absolute Gasteiger partial charge is 0.381 e. The third-order valence-electron chi connectivity index (χ3n) is 3.24. The minimum atomic E-state index is -1.07. The van der Waals surface area contributed by atoms with Gasteiger partial charge in [-0.05, 0) is 25.0 Å². The summed E-state index contributed by atoms with van der Waals surface area (Å²) in [5, 5.41) is 13.1. The van der Waals surface area contributed by atoms with Gasteiger partial charge in [-0.3, -0.25) is 14.9 Å². The maximum absolute atomic E-state index is 13.2. The highest BCUT2D eigenvalue weighted by atomic mass is 19.1. The maximum atomic E-state index is 13.2. The minimum absolute atomic E-state index is 0.138. The van der Waals surface area contributed by atoms with Gasteiger partial charge in [-0.25, -0.2) is 0 Å². The van der Waals surface area contributed by atoms with Crippen LogP contribution in [0.3, 0.4) is 0 Å². The van der Waals surface area contributed by atoms with E-state index in [2.05, 4.69) is 5.32 Å². The van der Waals surface area contributed by atoms with Gasteiger partial charge in [-0.1, -0.05) is 0 Å². The summed E-state index contributed by atoms with van der Waals surface area (Å²) in [6.07, 6.45) is 0.726. The number of hydrogen-bond donors (Lipinski definition) is 2. The lowest BCUT2D eigenvalue weighted by Crippen LogP contribution is -2.54. The molecule has 20 heavy (non-hydrogen) atoms. The Morgan fingerprint density at radius 2 is 2.10 bits per heavy atom. The minimum Gasteiger partial charge on any atom is -0.381 e. The molecule has 3 N–H and O–H groups in total. The summed E-state index contributed by atoms with van der Waals surface area (Å²) in [6.45, 7) is 0.765. The first-order chi connectivity index (χ1) is 9.42. The highest BCUT2D eigenvalue weighted by Gasteiger charge is 2.36. The second kappa shape index (κ2) is 5.51. The van der Waals surface area contributed by atoms with Crippen LogP contribution in [0.5, 0.6) is 0 Å². The van der Waals surface area contributed by atoms with Crippen LogP contribution in [0.4, 0.5) is 15.8 Å². The van der Waals surface area contributed by atoms with E-state index >= 15 is 0 Å². The van der Waals surface area contributed by atoms with Crippen molar-refractivity contribution in [3.8, 4) is 0 Å². The number of halogens is 1. The van der Waals surface area contributed by atoms with Crippen molar-refractivity contribution in [2.45, 2.75) is 18.4 Å². The average Bonchev–Trinajstić information content (AvgIpc) is 2.41. The molecule has 1 aliphatic rings. The fourth-order valence-corrected chi connectivity index (χ4v) is 1.95. The third-order valence-corrected chi connectivity index (χ3v) is 3.24. The lowest BCUT2D eigenvalue weighted by atomic mass is 9.90. The molecule has 1 aromatic carbocycles. The molecule has 0 aliphatic carbocycles. The van der Waals surface area contributed by atoms with Crippen molar-refractivity contribution in [1.29, 1.82) is 0 Å². The first-order valence-corrected chi connectivity index (χ1v) is 6.04. The average molecular weight is 283 g/mol. The zero-order chi connectivity index (χ0) is 14.8. The Labute approximate surface area is 114 Å². The lowest BCUT2D eigenvalue weighted by molar-refractivity contribution is -0.387. The fraction of sp³-hybridized carbons (Fsp3) is 0.417. The number of hydrogen-bond acceptors (Lipinski definition) is 5. The molecule has 0 bridgehead atoms. The molecule has 0 atom stereocenters. The van der Waals surface area contributed by atoms with E-state index in [-0.39, 0.29) is 5.69 Å². The zero-order valence-electron chi connectivity index (χ0n) is 10.6. The van der Waals surface area contributed by atoms with E-state index in [1.54, 1.807) is 0 Å². The second-order valence-corrected chi connectivity index (χ2v) is 4.65. The Bertz CT molecular complexity index is 544. The van der Waals surface area contributed by atoms with Crippen LogP contribution >= 0.6 is 0 Å². The standard InChI is InChI=1S/C12H14FN3O4/c13-9-2-1-8(7-10(9)16(18)19)15-11(17)12(14)3-5-20-6-4-12/h1-2,7H,3-6,14H2,(H,15,17). The van der Waals surface area contributed by atoms with Gasteiger partial charge in [0.25, 0.3) is 0 Å². The highest BCUT2D eigenvalue weighted by Crippen LogP contribution is 2.24. The van der Waals surface area contributed by atoms with Crippen molar-refractivity contribution < 1.29 is 18.8 Å². The Hall–Kier alpha value is -2.06. The zero-order valence-corrected chi connectivity index (χ0v) is 10.6. The fourth-order valence-electron chi connectivity index (χ4n) is 1.95. The van der Waals surface area contributed by atoms with Gasteiger partial charge in [0.15, 0.2) is 0 Å². The van der Waals surface area contributed by atoms with Crippen LogP contribution in [0.1, 0.15) is 12.8 Å². The molecule has 0 radical (unpaired) electrons. The molecule has 1 amide bonds. The molecule has 8 heteroatoms. The molecule has 1 heterocycles. The topological polar surface area (TPSA) is 107 Å². The molecule has 0 unspecified atom stereocenters. The summed E-state index contributed by atoms with van der Waals surface area (Å²) in [6, 6.07) is 3.15. The van der Waals surface area contributed by atoms with Crippen LogP contribution in [0.15, 0.2) is 18.2 Å². The summed E-state index contributed by atoms with van der Waals surface area (Å²) >= 11 is 0. The molecule has 0 saturated carbocycles. The first-order valence-electron chi connectivity index (χ1n) is 6.04. The number of amides is 1. The second-order valence-electron chi connectivity index (χ2n) is 4.65. The van der Waals surface area contributed by atoms with Crippen molar-refractivity contribution >= 4 is 17.3 Å². The smallest absolute Gasteiger partial charge is 0.306 e. The Kier molecular flexibility index (Phi) is 3.96. The van der Waals surface area contributed by atoms with Gasteiger partial charge < -0.3 is 15.8 Å². The van der Waals surface area contributed by atoms with Gasteiger partial charge in [0.1, 0.15) is 5.54 Å². The van der Waals surface area contributed by atoms with E-state index in [1.807, 2.05) is 0 Å². The number of carbonyl (C=O) groups excluding carboxylic acids is 1. The number of ether oxygens (including phenoxy) is 1. The van der Waals surface area contributed by atoms with Gasteiger partial charge in [-0.2, -0.15) is 4.39 Å². The van der Waals surface area contributed by atoms with Crippen LogP contribution in [0, 0.1) is 15.9 Å². The third kappa shape index (κ3) is 2.91. The van der Waals surface area contributed by atoms with Gasteiger partial charge >= 0.3 is 5.69 Å². The number of nitro benzene ring substituents is 1. The van der Waals surface area contributed by atoms with Crippen LogP contribution in [0.2, 0.25) is 0 Å². The summed E-state index contributed by atoms with van der Waals surface area (Å²) in [5.74, 6) is -1.41. The van der Waals surface area contributed by atoms with Gasteiger partial charge in [0.2, 0.25) is 11.7 Å². The number of nitrogens with one attached hydrogen (secondary N) is 1. The van der Waals surface area contributed by atoms with Crippen molar-refractivity contribution in [2.24, 2.45) is 5.73 Å². The molecule has 1 aliphatic heterocycles. The van der Waals surface area contributed by atoms with Crippen LogP contribution in [-0.2, 0) is 9.53 Å². The van der Waals surface area contributed by atoms with Gasteiger partial charge in [-0.15, -0.1) is 0 Å². The molecule has 2 rings (SSSR count). The first kappa shape index (κ1) is 14.4. The van der Waals surface area contributed by atoms with Crippen LogP contribution in [-0.4, -0.2) is 29.6 Å². The number of nitrogens with two attached hydrogens (primary N) is 1. The lowest BCUT2D eigenvalue weighted by Gasteiger charge is -2.31. The number of carbonyl (C=O) groups is 1. The predicted molar refractivity (Wildman–Crippen MR) is 68.7 cm³/mol. The Morgan fingerprint density at radius 3 is 2.70 bits per heavy atom. The van der Waals surface area contributed by atoms with Crippen LogP contribution in [0.25, 0.3) is 0 Å². The Balaban J connectivity index is 2.15. The molecule has 0 spiro atoms.